The van der Waals surface area contributed by atoms with E-state index in [1.54, 1.807) is 23.2 Å². The second kappa shape index (κ2) is 8.28. The Morgan fingerprint density at radius 2 is 2.10 bits per heavy atom. The third kappa shape index (κ3) is 3.71. The van der Waals surface area contributed by atoms with Gasteiger partial charge >= 0.3 is 0 Å². The number of carbonyl (C=O) groups excluding carboxylic acids is 1. The number of halogens is 2. The molecule has 2 saturated heterocycles. The zero-order valence-corrected chi connectivity index (χ0v) is 17.8. The van der Waals surface area contributed by atoms with Gasteiger partial charge in [-0.15, -0.1) is 12.4 Å². The summed E-state index contributed by atoms with van der Waals surface area (Å²) in [5, 5.41) is 3.56. The molecule has 5 nitrogen and oxygen atoms in total. The molecule has 4 rings (SSSR count). The number of hydrogen-bond donors (Lipinski definition) is 1. The van der Waals surface area contributed by atoms with Gasteiger partial charge in [-0.3, -0.25) is 15.1 Å². The van der Waals surface area contributed by atoms with E-state index < -0.39 is 5.54 Å². The summed E-state index contributed by atoms with van der Waals surface area (Å²) in [6, 6.07) is 6.66. The van der Waals surface area contributed by atoms with Crippen LogP contribution in [0.5, 0.6) is 5.75 Å². The van der Waals surface area contributed by atoms with Crippen molar-refractivity contribution in [2.45, 2.75) is 44.7 Å². The number of benzene rings is 1. The van der Waals surface area contributed by atoms with E-state index in [-0.39, 0.29) is 30.2 Å². The monoisotopic (exact) mass is 419 g/mol. The lowest BCUT2D eigenvalue weighted by atomic mass is 9.95. The van der Waals surface area contributed by atoms with Gasteiger partial charge in [0, 0.05) is 25.4 Å². The third-order valence-corrected chi connectivity index (χ3v) is 6.05. The minimum Gasteiger partial charge on any atom is -0.494 e. The molecule has 2 fully saturated rings. The summed E-state index contributed by atoms with van der Waals surface area (Å²) in [5.41, 5.74) is 2.67. The lowest BCUT2D eigenvalue weighted by Gasteiger charge is -2.24. The number of rotatable bonds is 4. The second-order valence-corrected chi connectivity index (χ2v) is 7.74. The average molecular weight is 420 g/mol. The van der Waals surface area contributed by atoms with Crippen LogP contribution in [0.2, 0.25) is 0 Å². The number of ether oxygens (including phenoxy) is 1. The van der Waals surface area contributed by atoms with Crippen molar-refractivity contribution in [1.29, 1.82) is 0 Å². The molecule has 2 aromatic rings. The van der Waals surface area contributed by atoms with Crippen molar-refractivity contribution < 1.29 is 13.9 Å². The highest BCUT2D eigenvalue weighted by Crippen LogP contribution is 2.41. The van der Waals surface area contributed by atoms with Crippen molar-refractivity contribution in [2.75, 3.05) is 20.2 Å². The lowest BCUT2D eigenvalue weighted by molar-refractivity contribution is -0.131. The van der Waals surface area contributed by atoms with Crippen molar-refractivity contribution in [2.24, 2.45) is 0 Å². The van der Waals surface area contributed by atoms with Gasteiger partial charge in [0.15, 0.2) is 0 Å². The Labute approximate surface area is 177 Å². The molecular formula is C22H27ClFN3O2. The summed E-state index contributed by atoms with van der Waals surface area (Å²) >= 11 is 0. The number of amides is 1. The minimum atomic E-state index is -0.469. The number of likely N-dealkylation sites (N-methyl/N-ethyl adjacent to an activating group) is 1. The Kier molecular flexibility index (Phi) is 6.15. The van der Waals surface area contributed by atoms with Crippen LogP contribution in [0.3, 0.4) is 0 Å². The van der Waals surface area contributed by atoms with E-state index in [1.165, 1.54) is 6.07 Å². The number of hydrogen-bond acceptors (Lipinski definition) is 4. The molecule has 2 atom stereocenters. The Morgan fingerprint density at radius 3 is 2.79 bits per heavy atom. The topological polar surface area (TPSA) is 54.5 Å². The maximum absolute atomic E-state index is 14.6. The molecule has 2 aliphatic rings. The smallest absolute Gasteiger partial charge is 0.242 e. The predicted molar refractivity (Wildman–Crippen MR) is 113 cm³/mol. The fourth-order valence-electron chi connectivity index (χ4n) is 4.53. The van der Waals surface area contributed by atoms with E-state index in [0.29, 0.717) is 17.9 Å². The van der Waals surface area contributed by atoms with Crippen LogP contribution in [0, 0.1) is 12.7 Å². The number of pyridine rings is 1. The predicted octanol–water partition coefficient (Wildman–Crippen LogP) is 4.04. The summed E-state index contributed by atoms with van der Waals surface area (Å²) < 4.78 is 20.1. The van der Waals surface area contributed by atoms with Gasteiger partial charge in [0.2, 0.25) is 5.91 Å². The van der Waals surface area contributed by atoms with Crippen molar-refractivity contribution in [3.05, 3.63) is 47.5 Å². The van der Waals surface area contributed by atoms with Crippen LogP contribution in [0.4, 0.5) is 4.39 Å². The van der Waals surface area contributed by atoms with Crippen LogP contribution in [-0.2, 0) is 4.79 Å². The Bertz CT molecular complexity index is 923. The number of nitrogens with zero attached hydrogens (tertiary/aromatic N) is 2. The minimum absolute atomic E-state index is 0. The molecule has 7 heteroatoms. The molecule has 29 heavy (non-hydrogen) atoms. The highest BCUT2D eigenvalue weighted by atomic mass is 35.5. The number of likely N-dealkylation sites (tertiary alicyclic amines) is 1. The molecule has 0 aliphatic carbocycles. The molecule has 3 heterocycles. The molecule has 1 spiro atoms. The molecule has 0 unspecified atom stereocenters. The van der Waals surface area contributed by atoms with Crippen molar-refractivity contribution in [3.63, 3.8) is 0 Å². The van der Waals surface area contributed by atoms with Crippen molar-refractivity contribution in [3.8, 4) is 16.9 Å². The SMILES string of the molecule is CCOc1ccc(F)c(-c2ccnc([C@H]3CC[C@@]4(CCN(C)C4=O)N3)c2C)c1.Cl. The summed E-state index contributed by atoms with van der Waals surface area (Å²) in [5.74, 6) is 0.528. The number of carbonyl (C=O) groups is 1. The van der Waals surface area contributed by atoms with Crippen LogP contribution in [0.25, 0.3) is 11.1 Å². The standard InChI is InChI=1S/C22H26FN3O2.ClH/c1-4-28-15-5-6-18(23)17(13-15)16-8-11-24-20(14(16)2)19-7-9-22(25-19)10-12-26(3)21(22)27;/h5-6,8,11,13,19,25H,4,7,9-10,12H2,1-3H3;1H/t19-,22+;/m1./s1. The maximum atomic E-state index is 14.6. The van der Waals surface area contributed by atoms with E-state index in [1.807, 2.05) is 27.0 Å². The average Bonchev–Trinajstić information content (AvgIpc) is 3.24. The van der Waals surface area contributed by atoms with Gasteiger partial charge in [-0.1, -0.05) is 0 Å². The highest BCUT2D eigenvalue weighted by molar-refractivity contribution is 5.88. The highest BCUT2D eigenvalue weighted by Gasteiger charge is 2.50. The van der Waals surface area contributed by atoms with E-state index in [4.69, 9.17) is 4.74 Å². The lowest BCUT2D eigenvalue weighted by Crippen LogP contribution is -2.47. The quantitative estimate of drug-likeness (QED) is 0.812. The molecule has 2 aliphatic heterocycles. The van der Waals surface area contributed by atoms with Crippen LogP contribution >= 0.6 is 12.4 Å². The van der Waals surface area contributed by atoms with E-state index in [0.717, 1.165) is 42.6 Å². The fraction of sp³-hybridized carbons (Fsp3) is 0.455. The zero-order chi connectivity index (χ0) is 19.9. The van der Waals surface area contributed by atoms with E-state index in [2.05, 4.69) is 10.3 Å². The molecule has 1 aromatic carbocycles. The Hall–Kier alpha value is -2.18. The second-order valence-electron chi connectivity index (χ2n) is 7.74. The Balaban J connectivity index is 0.00000240. The molecule has 0 radical (unpaired) electrons. The van der Waals surface area contributed by atoms with E-state index in [9.17, 15) is 9.18 Å². The zero-order valence-electron chi connectivity index (χ0n) is 17.0. The molecular weight excluding hydrogens is 393 g/mol. The van der Waals surface area contributed by atoms with Gasteiger partial charge < -0.3 is 9.64 Å². The number of nitrogens with one attached hydrogen (secondary N) is 1. The van der Waals surface area contributed by atoms with Gasteiger partial charge in [-0.05, 0) is 68.5 Å². The first-order chi connectivity index (χ1) is 13.4. The van der Waals surface area contributed by atoms with Crippen LogP contribution in [0.1, 0.15) is 43.5 Å². The molecule has 0 bridgehead atoms. The van der Waals surface area contributed by atoms with Crippen LogP contribution in [-0.4, -0.2) is 41.5 Å². The first-order valence-corrected chi connectivity index (χ1v) is 9.86. The molecule has 1 amide bonds. The maximum Gasteiger partial charge on any atom is 0.242 e. The molecule has 0 saturated carbocycles. The van der Waals surface area contributed by atoms with Gasteiger partial charge in [-0.2, -0.15) is 0 Å². The summed E-state index contributed by atoms with van der Waals surface area (Å²) in [7, 11) is 1.85. The van der Waals surface area contributed by atoms with Gasteiger partial charge in [0.1, 0.15) is 17.1 Å². The van der Waals surface area contributed by atoms with Gasteiger partial charge in [0.05, 0.1) is 18.3 Å². The summed E-state index contributed by atoms with van der Waals surface area (Å²) in [4.78, 5) is 19.0. The Morgan fingerprint density at radius 1 is 1.31 bits per heavy atom. The number of aromatic nitrogens is 1. The van der Waals surface area contributed by atoms with E-state index >= 15 is 0 Å². The molecule has 156 valence electrons. The van der Waals surface area contributed by atoms with Crippen LogP contribution in [0.15, 0.2) is 30.5 Å². The van der Waals surface area contributed by atoms with Crippen LogP contribution < -0.4 is 10.1 Å². The van der Waals surface area contributed by atoms with Crippen molar-refractivity contribution >= 4 is 18.3 Å². The largest absolute Gasteiger partial charge is 0.494 e. The normalized spacial score (nSPS) is 23.5. The molecule has 1 N–H and O–H groups in total. The first kappa shape index (κ1) is 21.5. The first-order valence-electron chi connectivity index (χ1n) is 9.86. The van der Waals surface area contributed by atoms with Gasteiger partial charge in [-0.25, -0.2) is 4.39 Å². The van der Waals surface area contributed by atoms with Crippen molar-refractivity contribution in [1.82, 2.24) is 15.2 Å². The summed E-state index contributed by atoms with van der Waals surface area (Å²) in [6.07, 6.45) is 4.20. The third-order valence-electron chi connectivity index (χ3n) is 6.05. The molecule has 1 aromatic heterocycles. The van der Waals surface area contributed by atoms with Gasteiger partial charge in [0.25, 0.3) is 0 Å². The summed E-state index contributed by atoms with van der Waals surface area (Å²) in [6.45, 7) is 5.19. The fourth-order valence-corrected chi connectivity index (χ4v) is 4.53.